The molecule has 1 aromatic heterocycles. The van der Waals surface area contributed by atoms with Crippen LogP contribution in [0.4, 0.5) is 0 Å². The minimum absolute atomic E-state index is 0.103. The Morgan fingerprint density at radius 1 is 1.40 bits per heavy atom. The number of aromatic nitrogens is 1. The lowest BCUT2D eigenvalue weighted by Gasteiger charge is -2.16. The molecule has 0 saturated carbocycles. The first-order chi connectivity index (χ1) is 9.45. The molecule has 0 aliphatic carbocycles. The summed E-state index contributed by atoms with van der Waals surface area (Å²) in [5.41, 5.74) is 1.10. The van der Waals surface area contributed by atoms with Gasteiger partial charge in [-0.05, 0) is 25.1 Å². The number of carbonyl (C=O) groups is 1. The van der Waals surface area contributed by atoms with Crippen LogP contribution in [-0.2, 0) is 17.8 Å². The molecule has 0 atom stereocenters. The lowest BCUT2D eigenvalue weighted by molar-refractivity contribution is -0.136. The molecule has 0 radical (unpaired) electrons. The molecule has 0 amide bonds. The standard InChI is InChI=1S/C14H14ClNO4/c1-8-10(7-13(18)19)14(20)11-6-9(15)2-3-12(11)16(8)4-5-17/h2-3,6,17H,4-5,7H2,1H3,(H,18,19). The van der Waals surface area contributed by atoms with E-state index < -0.39 is 5.97 Å². The highest BCUT2D eigenvalue weighted by molar-refractivity contribution is 6.31. The number of nitrogens with zero attached hydrogens (tertiary/aromatic N) is 1. The van der Waals surface area contributed by atoms with Crippen LogP contribution < -0.4 is 5.43 Å². The summed E-state index contributed by atoms with van der Waals surface area (Å²) in [7, 11) is 0. The molecule has 6 heteroatoms. The number of pyridine rings is 1. The van der Waals surface area contributed by atoms with Crippen molar-refractivity contribution in [2.24, 2.45) is 0 Å². The van der Waals surface area contributed by atoms with Crippen LogP contribution in [0.2, 0.25) is 5.02 Å². The average Bonchev–Trinajstić information content (AvgIpc) is 2.39. The fourth-order valence-electron chi connectivity index (χ4n) is 2.34. The van der Waals surface area contributed by atoms with Crippen molar-refractivity contribution in [1.82, 2.24) is 4.57 Å². The molecule has 0 bridgehead atoms. The van der Waals surface area contributed by atoms with Gasteiger partial charge in [-0.1, -0.05) is 11.6 Å². The van der Waals surface area contributed by atoms with Crippen LogP contribution in [-0.4, -0.2) is 27.4 Å². The van der Waals surface area contributed by atoms with Crippen LogP contribution in [0.5, 0.6) is 0 Å². The maximum atomic E-state index is 12.4. The second kappa shape index (κ2) is 5.64. The summed E-state index contributed by atoms with van der Waals surface area (Å²) in [4.78, 5) is 23.3. The zero-order valence-electron chi connectivity index (χ0n) is 10.9. The van der Waals surface area contributed by atoms with Crippen LogP contribution in [0.25, 0.3) is 10.9 Å². The largest absolute Gasteiger partial charge is 0.481 e. The van der Waals surface area contributed by atoms with E-state index >= 15 is 0 Å². The van der Waals surface area contributed by atoms with E-state index in [1.54, 1.807) is 23.6 Å². The van der Waals surface area contributed by atoms with E-state index in [4.69, 9.17) is 21.8 Å². The summed E-state index contributed by atoms with van der Waals surface area (Å²) in [6.07, 6.45) is -0.349. The third-order valence-corrected chi connectivity index (χ3v) is 3.50. The number of carboxylic acids is 1. The Kier molecular flexibility index (Phi) is 4.11. The van der Waals surface area contributed by atoms with Gasteiger partial charge in [-0.3, -0.25) is 9.59 Å². The molecule has 0 fully saturated rings. The highest BCUT2D eigenvalue weighted by Gasteiger charge is 2.16. The first kappa shape index (κ1) is 14.6. The average molecular weight is 296 g/mol. The summed E-state index contributed by atoms with van der Waals surface area (Å²) in [6, 6.07) is 4.89. The Bertz CT molecular complexity index is 736. The fraction of sp³-hybridized carbons (Fsp3) is 0.286. The second-order valence-corrected chi connectivity index (χ2v) is 4.94. The molecule has 2 aromatic rings. The van der Waals surface area contributed by atoms with E-state index in [0.29, 0.717) is 21.6 Å². The monoisotopic (exact) mass is 295 g/mol. The Morgan fingerprint density at radius 3 is 2.70 bits per heavy atom. The van der Waals surface area contributed by atoms with Crippen LogP contribution in [0.15, 0.2) is 23.0 Å². The predicted octanol–water partition coefficient (Wildman–Crippen LogP) is 1.58. The van der Waals surface area contributed by atoms with Gasteiger partial charge in [0, 0.05) is 28.2 Å². The number of halogens is 1. The fourth-order valence-corrected chi connectivity index (χ4v) is 2.52. The highest BCUT2D eigenvalue weighted by Crippen LogP contribution is 2.20. The summed E-state index contributed by atoms with van der Waals surface area (Å²) in [6.45, 7) is 1.87. The van der Waals surface area contributed by atoms with Gasteiger partial charge < -0.3 is 14.8 Å². The van der Waals surface area contributed by atoms with Crippen LogP contribution in [0.1, 0.15) is 11.3 Å². The first-order valence-corrected chi connectivity index (χ1v) is 6.47. The Labute approximate surface area is 120 Å². The number of carboxylic acid groups (broad SMARTS) is 1. The number of aliphatic hydroxyl groups is 1. The molecule has 0 saturated heterocycles. The van der Waals surface area contributed by atoms with Crippen molar-refractivity contribution in [3.63, 3.8) is 0 Å². The summed E-state index contributed by atoms with van der Waals surface area (Å²) in [5, 5.41) is 18.9. The maximum absolute atomic E-state index is 12.4. The zero-order chi connectivity index (χ0) is 14.9. The van der Waals surface area contributed by atoms with Crippen LogP contribution in [0.3, 0.4) is 0 Å². The van der Waals surface area contributed by atoms with E-state index in [1.807, 2.05) is 0 Å². The lowest BCUT2D eigenvalue weighted by Crippen LogP contribution is -2.22. The van der Waals surface area contributed by atoms with Gasteiger partial charge in [-0.2, -0.15) is 0 Å². The molecule has 1 heterocycles. The SMILES string of the molecule is Cc1c(CC(=O)O)c(=O)c2cc(Cl)ccc2n1CCO. The number of aliphatic hydroxyl groups excluding tert-OH is 1. The van der Waals surface area contributed by atoms with E-state index in [1.165, 1.54) is 6.07 Å². The van der Waals surface area contributed by atoms with Gasteiger partial charge in [0.2, 0.25) is 0 Å². The van der Waals surface area contributed by atoms with Crippen molar-refractivity contribution in [2.45, 2.75) is 19.9 Å². The molecule has 20 heavy (non-hydrogen) atoms. The quantitative estimate of drug-likeness (QED) is 0.897. The van der Waals surface area contributed by atoms with Gasteiger partial charge in [0.05, 0.1) is 18.5 Å². The van der Waals surface area contributed by atoms with Gasteiger partial charge >= 0.3 is 5.97 Å². The molecule has 0 spiro atoms. The summed E-state index contributed by atoms with van der Waals surface area (Å²) in [5.74, 6) is -1.07. The smallest absolute Gasteiger partial charge is 0.308 e. The van der Waals surface area contributed by atoms with Crippen molar-refractivity contribution < 1.29 is 15.0 Å². The maximum Gasteiger partial charge on any atom is 0.308 e. The van der Waals surface area contributed by atoms with Crippen molar-refractivity contribution in [1.29, 1.82) is 0 Å². The number of aliphatic carboxylic acids is 1. The Hall–Kier alpha value is -1.85. The lowest BCUT2D eigenvalue weighted by atomic mass is 10.0. The first-order valence-electron chi connectivity index (χ1n) is 6.10. The molecule has 0 aliphatic rings. The molecule has 0 unspecified atom stereocenters. The zero-order valence-corrected chi connectivity index (χ0v) is 11.6. The molecule has 5 nitrogen and oxygen atoms in total. The second-order valence-electron chi connectivity index (χ2n) is 4.50. The van der Waals surface area contributed by atoms with Crippen molar-refractivity contribution >= 4 is 28.5 Å². The van der Waals surface area contributed by atoms with E-state index in [0.717, 1.165) is 0 Å². The van der Waals surface area contributed by atoms with E-state index in [9.17, 15) is 9.59 Å². The summed E-state index contributed by atoms with van der Waals surface area (Å²) < 4.78 is 1.74. The predicted molar refractivity (Wildman–Crippen MR) is 76.4 cm³/mol. The molecule has 2 rings (SSSR count). The number of hydrogen-bond acceptors (Lipinski definition) is 3. The van der Waals surface area contributed by atoms with Gasteiger partial charge in [0.25, 0.3) is 0 Å². The highest BCUT2D eigenvalue weighted by atomic mass is 35.5. The van der Waals surface area contributed by atoms with Crippen LogP contribution >= 0.6 is 11.6 Å². The van der Waals surface area contributed by atoms with Crippen molar-refractivity contribution in [2.75, 3.05) is 6.61 Å². The number of fused-ring (bicyclic) bond motifs is 1. The van der Waals surface area contributed by atoms with Gasteiger partial charge in [-0.15, -0.1) is 0 Å². The molecule has 2 N–H and O–H groups in total. The third-order valence-electron chi connectivity index (χ3n) is 3.26. The minimum Gasteiger partial charge on any atom is -0.481 e. The summed E-state index contributed by atoms with van der Waals surface area (Å²) >= 11 is 5.90. The normalized spacial score (nSPS) is 10.9. The molecule has 0 aliphatic heterocycles. The molecule has 106 valence electrons. The minimum atomic E-state index is -1.07. The van der Waals surface area contributed by atoms with Crippen LogP contribution in [0, 0.1) is 6.92 Å². The van der Waals surface area contributed by atoms with Gasteiger partial charge in [-0.25, -0.2) is 0 Å². The Morgan fingerprint density at radius 2 is 2.10 bits per heavy atom. The topological polar surface area (TPSA) is 79.5 Å². The molecule has 1 aromatic carbocycles. The number of benzene rings is 1. The van der Waals surface area contributed by atoms with Crippen molar-refractivity contribution in [3.05, 3.63) is 44.7 Å². The number of rotatable bonds is 4. The molecular formula is C14H14ClNO4. The number of hydrogen-bond donors (Lipinski definition) is 2. The van der Waals surface area contributed by atoms with Gasteiger partial charge in [0.1, 0.15) is 0 Å². The van der Waals surface area contributed by atoms with E-state index in [-0.39, 0.29) is 30.6 Å². The van der Waals surface area contributed by atoms with E-state index in [2.05, 4.69) is 0 Å². The van der Waals surface area contributed by atoms with Crippen molar-refractivity contribution in [3.8, 4) is 0 Å². The molecular weight excluding hydrogens is 282 g/mol. The van der Waals surface area contributed by atoms with Gasteiger partial charge in [0.15, 0.2) is 5.43 Å². The third kappa shape index (κ3) is 2.55. The Balaban J connectivity index is 2.86.